The highest BCUT2D eigenvalue weighted by molar-refractivity contribution is 7.56. The van der Waals surface area contributed by atoms with Crippen LogP contribution in [0.25, 0.3) is 10.2 Å². The lowest BCUT2D eigenvalue weighted by molar-refractivity contribution is 0.262. The van der Waals surface area contributed by atoms with Gasteiger partial charge in [0.05, 0.1) is 5.69 Å². The van der Waals surface area contributed by atoms with Crippen LogP contribution < -0.4 is 16.4 Å². The average molecular weight is 317 g/mol. The molecule has 0 radical (unpaired) electrons. The zero-order valence-corrected chi connectivity index (χ0v) is 12.8. The minimum atomic E-state index is -0.852. The van der Waals surface area contributed by atoms with Gasteiger partial charge in [-0.1, -0.05) is 19.3 Å². The van der Waals surface area contributed by atoms with Gasteiger partial charge in [0.25, 0.3) is 4.83 Å². The molecule has 1 atom stereocenters. The van der Waals surface area contributed by atoms with Crippen molar-refractivity contribution in [2.75, 3.05) is 10.6 Å². The Morgan fingerprint density at radius 3 is 2.77 bits per heavy atom. The summed E-state index contributed by atoms with van der Waals surface area (Å²) in [5.74, 6) is 0.306. The number of amides is 3. The molecule has 6 nitrogen and oxygen atoms in total. The van der Waals surface area contributed by atoms with E-state index in [1.54, 1.807) is 12.3 Å². The molecule has 4 N–H and O–H groups in total. The van der Waals surface area contributed by atoms with Crippen LogP contribution in [0.15, 0.2) is 12.3 Å². The van der Waals surface area contributed by atoms with Crippen LogP contribution in [-0.2, 0) is 0 Å². The number of nitrogens with zero attached hydrogens (tertiary/aromatic N) is 1. The first kappa shape index (κ1) is 13.5. The first-order valence-electron chi connectivity index (χ1n) is 7.52. The van der Waals surface area contributed by atoms with Crippen molar-refractivity contribution < 1.29 is 9.59 Å². The normalized spacial score (nSPS) is 18.9. The number of rotatable bonds is 2. The van der Waals surface area contributed by atoms with Crippen LogP contribution in [0.3, 0.4) is 0 Å². The molecule has 2 aromatic rings. The van der Waals surface area contributed by atoms with Crippen LogP contribution in [0.1, 0.15) is 42.9 Å². The van der Waals surface area contributed by atoms with Gasteiger partial charge < -0.3 is 16.4 Å². The Labute approximate surface area is 130 Å². The van der Waals surface area contributed by atoms with E-state index in [4.69, 9.17) is 5.73 Å². The summed E-state index contributed by atoms with van der Waals surface area (Å²) in [5.41, 5.74) is 7.19. The van der Waals surface area contributed by atoms with Crippen LogP contribution in [0.4, 0.5) is 21.0 Å². The lowest BCUT2D eigenvalue weighted by Crippen LogP contribution is -2.24. The Kier molecular flexibility index (Phi) is 3.04. The van der Waals surface area contributed by atoms with E-state index >= 15 is 0 Å². The van der Waals surface area contributed by atoms with Gasteiger partial charge >= 0.3 is 11.3 Å². The minimum absolute atomic E-state index is 0.261. The van der Waals surface area contributed by atoms with Crippen LogP contribution in [0.2, 0.25) is 0 Å². The summed E-state index contributed by atoms with van der Waals surface area (Å²) in [5, 5.41) is 6.17. The molecular weight excluding hydrogens is 300 g/mol. The molecule has 4 rings (SSSR count). The van der Waals surface area contributed by atoms with Crippen molar-refractivity contribution in [3.8, 4) is 0 Å². The number of primary amides is 1. The zero-order chi connectivity index (χ0) is 15.3. The largest absolute Gasteiger partial charge is 0.455 e. The van der Waals surface area contributed by atoms with Gasteiger partial charge in [-0.3, -0.25) is 0 Å². The van der Waals surface area contributed by atoms with Gasteiger partial charge in [-0.15, -0.1) is 0 Å². The summed E-state index contributed by atoms with van der Waals surface area (Å²) in [6.07, 6.45) is 7.25. The Bertz CT molecular complexity index is 792. The molecule has 7 heteroatoms. The van der Waals surface area contributed by atoms with Gasteiger partial charge in [-0.2, -0.15) is 0 Å². The standard InChI is InChI=1S/C15H16N4O2S/c16-14(20)22-12(8-4-2-1-3-5-8)11-10-9(18-15(21)19-11)6-7-17-13(10)22/h6-8H,1-5H2,(H3-,16,17,18,19,20,21)/p+1. The molecule has 1 aliphatic carbocycles. The summed E-state index contributed by atoms with van der Waals surface area (Å²) >= 11 is 0. The molecule has 0 bridgehead atoms. The van der Waals surface area contributed by atoms with Crippen LogP contribution >= 0.6 is 10.5 Å². The molecule has 2 aliphatic rings. The second kappa shape index (κ2) is 4.95. The van der Waals surface area contributed by atoms with Crippen molar-refractivity contribution in [2.45, 2.75) is 38.0 Å². The molecule has 0 saturated heterocycles. The van der Waals surface area contributed by atoms with Gasteiger partial charge in [-0.05, 0) is 18.9 Å². The third-order valence-electron chi connectivity index (χ3n) is 4.49. The third-order valence-corrected chi connectivity index (χ3v) is 6.57. The zero-order valence-electron chi connectivity index (χ0n) is 12.0. The fraction of sp³-hybridized carbons (Fsp3) is 0.400. The van der Waals surface area contributed by atoms with Crippen molar-refractivity contribution in [2.24, 2.45) is 5.73 Å². The second-order valence-electron chi connectivity index (χ2n) is 5.82. The molecule has 22 heavy (non-hydrogen) atoms. The van der Waals surface area contributed by atoms with E-state index in [-0.39, 0.29) is 11.3 Å². The van der Waals surface area contributed by atoms with Crippen molar-refractivity contribution in [3.05, 3.63) is 17.1 Å². The number of carbonyl (C=O) groups is 2. The number of hydrogen-bond acceptors (Lipinski definition) is 3. The monoisotopic (exact) mass is 317 g/mol. The van der Waals surface area contributed by atoms with Gasteiger partial charge in [0.1, 0.15) is 21.5 Å². The molecule has 1 fully saturated rings. The highest BCUT2D eigenvalue weighted by atomic mass is 32.2. The lowest BCUT2D eigenvalue weighted by Gasteiger charge is -2.20. The lowest BCUT2D eigenvalue weighted by atomic mass is 9.87. The van der Waals surface area contributed by atoms with Crippen molar-refractivity contribution >= 4 is 43.3 Å². The number of urea groups is 1. The van der Waals surface area contributed by atoms with Crippen LogP contribution in [-0.4, -0.2) is 16.3 Å². The summed E-state index contributed by atoms with van der Waals surface area (Å²) in [4.78, 5) is 30.2. The Morgan fingerprint density at radius 1 is 1.27 bits per heavy atom. The van der Waals surface area contributed by atoms with Gasteiger partial charge in [0.15, 0.2) is 4.88 Å². The van der Waals surface area contributed by atoms with E-state index in [1.165, 1.54) is 6.42 Å². The maximum absolute atomic E-state index is 12.1. The van der Waals surface area contributed by atoms with Crippen molar-refractivity contribution in [3.63, 3.8) is 0 Å². The van der Waals surface area contributed by atoms with Gasteiger partial charge in [-0.25, -0.2) is 14.6 Å². The van der Waals surface area contributed by atoms with E-state index < -0.39 is 10.5 Å². The topological polar surface area (TPSA) is 97.1 Å². The average Bonchev–Trinajstić information content (AvgIpc) is 2.84. The number of thiophene rings is 1. The van der Waals surface area contributed by atoms with E-state index in [1.807, 2.05) is 0 Å². The van der Waals surface area contributed by atoms with Crippen LogP contribution in [0.5, 0.6) is 0 Å². The Balaban J connectivity index is 2.03. The number of nitrogens with one attached hydrogen (secondary N) is 2. The molecular formula is C15H17N4O2S+. The number of anilines is 2. The number of pyridine rings is 1. The highest BCUT2D eigenvalue weighted by Crippen LogP contribution is 2.53. The summed E-state index contributed by atoms with van der Waals surface area (Å²) in [7, 11) is -0.852. The summed E-state index contributed by atoms with van der Waals surface area (Å²) < 4.78 is 0. The number of carbonyl (C=O) groups excluding carboxylic acids is 2. The molecule has 2 aromatic heterocycles. The molecule has 0 aromatic carbocycles. The molecule has 1 saturated carbocycles. The Hall–Kier alpha value is -2.15. The quantitative estimate of drug-likeness (QED) is 0.732. The fourth-order valence-electron chi connectivity index (χ4n) is 3.60. The molecule has 1 aliphatic heterocycles. The number of aromatic nitrogens is 1. The van der Waals surface area contributed by atoms with Crippen LogP contribution in [0, 0.1) is 0 Å². The third kappa shape index (κ3) is 1.89. The molecule has 3 heterocycles. The first-order valence-corrected chi connectivity index (χ1v) is 8.74. The minimum Gasteiger partial charge on any atom is -0.320 e. The first-order chi connectivity index (χ1) is 10.7. The van der Waals surface area contributed by atoms with Crippen molar-refractivity contribution in [1.82, 2.24) is 4.98 Å². The van der Waals surface area contributed by atoms with Crippen molar-refractivity contribution in [1.29, 1.82) is 0 Å². The Morgan fingerprint density at radius 2 is 2.05 bits per heavy atom. The smallest absolute Gasteiger partial charge is 0.320 e. The molecule has 114 valence electrons. The molecule has 1 unspecified atom stereocenters. The van der Waals surface area contributed by atoms with E-state index in [0.717, 1.165) is 41.6 Å². The maximum Gasteiger partial charge on any atom is 0.455 e. The van der Waals surface area contributed by atoms with E-state index in [2.05, 4.69) is 15.6 Å². The SMILES string of the molecule is NC(=O)[s+]1c(C2CCCCC2)c2c3c(ccnc31)NC(=O)N2. The fourth-order valence-corrected chi connectivity index (χ4v) is 5.73. The van der Waals surface area contributed by atoms with Gasteiger partial charge in [0.2, 0.25) is 0 Å². The van der Waals surface area contributed by atoms with E-state index in [9.17, 15) is 9.59 Å². The summed E-state index contributed by atoms with van der Waals surface area (Å²) in [6, 6.07) is 1.51. The molecule has 0 spiro atoms. The predicted molar refractivity (Wildman–Crippen MR) is 87.7 cm³/mol. The number of hydrogen-bond donors (Lipinski definition) is 3. The second-order valence-corrected chi connectivity index (χ2v) is 7.66. The summed E-state index contributed by atoms with van der Waals surface area (Å²) in [6.45, 7) is 0. The van der Waals surface area contributed by atoms with E-state index in [0.29, 0.717) is 16.4 Å². The highest BCUT2D eigenvalue weighted by Gasteiger charge is 2.41. The number of nitrogens with two attached hydrogens (primary N) is 1. The maximum atomic E-state index is 12.1. The predicted octanol–water partition coefficient (Wildman–Crippen LogP) is 3.92. The molecule has 3 amide bonds. The van der Waals surface area contributed by atoms with Gasteiger partial charge in [0, 0.05) is 12.1 Å².